The van der Waals surface area contributed by atoms with E-state index in [-0.39, 0.29) is 0 Å². The van der Waals surface area contributed by atoms with Gasteiger partial charge in [-0.15, -0.1) is 0 Å². The molecule has 0 aromatic heterocycles. The summed E-state index contributed by atoms with van der Waals surface area (Å²) in [5.41, 5.74) is 1.39. The van der Waals surface area contributed by atoms with Crippen molar-refractivity contribution in [3.05, 3.63) is 12.2 Å². The Morgan fingerprint density at radius 2 is 2.07 bits per heavy atom. The van der Waals surface area contributed by atoms with Gasteiger partial charge >= 0.3 is 0 Å². The first kappa shape index (κ1) is 12.8. The first-order chi connectivity index (χ1) is 7.26. The van der Waals surface area contributed by atoms with Crippen LogP contribution in [-0.4, -0.2) is 13.1 Å². The molecule has 1 N–H and O–H groups in total. The summed E-state index contributed by atoms with van der Waals surface area (Å²) in [6, 6.07) is 0.665. The fourth-order valence-corrected chi connectivity index (χ4v) is 2.58. The van der Waals surface area contributed by atoms with Crippen molar-refractivity contribution in [1.82, 2.24) is 5.32 Å². The predicted octanol–water partition coefficient (Wildman–Crippen LogP) is 3.90. The van der Waals surface area contributed by atoms with Crippen LogP contribution in [0.4, 0.5) is 0 Å². The monoisotopic (exact) mass is 209 g/mol. The second-order valence-electron chi connectivity index (χ2n) is 5.02. The highest BCUT2D eigenvalue weighted by atomic mass is 14.9. The molecule has 1 rings (SSSR count). The maximum atomic E-state index is 4.10. The van der Waals surface area contributed by atoms with Crippen LogP contribution in [0.3, 0.4) is 0 Å². The van der Waals surface area contributed by atoms with Gasteiger partial charge in [0.05, 0.1) is 0 Å². The second-order valence-corrected chi connectivity index (χ2v) is 5.02. The zero-order chi connectivity index (χ0) is 11.1. The van der Waals surface area contributed by atoms with Gasteiger partial charge < -0.3 is 5.32 Å². The van der Waals surface area contributed by atoms with Crippen molar-refractivity contribution >= 4 is 0 Å². The SMILES string of the molecule is C=C(CC)CC(CCC1CCCC1)NC. The van der Waals surface area contributed by atoms with Gasteiger partial charge in [-0.1, -0.05) is 44.8 Å². The Morgan fingerprint density at radius 3 is 2.60 bits per heavy atom. The molecule has 0 aromatic carbocycles. The summed E-state index contributed by atoms with van der Waals surface area (Å²) in [5, 5.41) is 3.43. The lowest BCUT2D eigenvalue weighted by Crippen LogP contribution is -2.26. The van der Waals surface area contributed by atoms with E-state index in [1.165, 1.54) is 50.5 Å². The Bertz CT molecular complexity index is 180. The first-order valence-electron chi connectivity index (χ1n) is 6.60. The Balaban J connectivity index is 2.17. The number of rotatable bonds is 7. The van der Waals surface area contributed by atoms with E-state index >= 15 is 0 Å². The molecule has 0 saturated heterocycles. The Labute approximate surface area is 95.3 Å². The van der Waals surface area contributed by atoms with Crippen LogP contribution in [0.2, 0.25) is 0 Å². The van der Waals surface area contributed by atoms with Gasteiger partial charge in [0.2, 0.25) is 0 Å². The fourth-order valence-electron chi connectivity index (χ4n) is 2.58. The molecule has 0 spiro atoms. The van der Waals surface area contributed by atoms with E-state index in [4.69, 9.17) is 0 Å². The summed E-state index contributed by atoms with van der Waals surface area (Å²) in [5.74, 6) is 1.02. The van der Waals surface area contributed by atoms with E-state index in [0.717, 1.165) is 12.3 Å². The summed E-state index contributed by atoms with van der Waals surface area (Å²) in [4.78, 5) is 0. The van der Waals surface area contributed by atoms with Gasteiger partial charge in [-0.05, 0) is 38.6 Å². The zero-order valence-electron chi connectivity index (χ0n) is 10.5. The van der Waals surface area contributed by atoms with Crippen molar-refractivity contribution in [3.8, 4) is 0 Å². The minimum Gasteiger partial charge on any atom is -0.317 e. The topological polar surface area (TPSA) is 12.0 Å². The molecule has 1 heteroatoms. The van der Waals surface area contributed by atoms with Crippen molar-refractivity contribution in [1.29, 1.82) is 0 Å². The van der Waals surface area contributed by atoms with Gasteiger partial charge in [-0.2, -0.15) is 0 Å². The molecule has 1 unspecified atom stereocenters. The third-order valence-electron chi connectivity index (χ3n) is 3.84. The summed E-state index contributed by atoms with van der Waals surface area (Å²) in [6.45, 7) is 6.30. The molecule has 1 atom stereocenters. The molecule has 0 bridgehead atoms. The van der Waals surface area contributed by atoms with Gasteiger partial charge in [0.25, 0.3) is 0 Å². The van der Waals surface area contributed by atoms with Gasteiger partial charge in [0, 0.05) is 6.04 Å². The molecule has 15 heavy (non-hydrogen) atoms. The van der Waals surface area contributed by atoms with Crippen LogP contribution < -0.4 is 5.32 Å². The summed E-state index contributed by atoms with van der Waals surface area (Å²) in [6.07, 6.45) is 10.9. The van der Waals surface area contributed by atoms with Gasteiger partial charge in [-0.3, -0.25) is 0 Å². The molecular formula is C14H27N. The molecule has 1 saturated carbocycles. The molecule has 1 fully saturated rings. The minimum atomic E-state index is 0.665. The lowest BCUT2D eigenvalue weighted by Gasteiger charge is -2.19. The standard InChI is InChI=1S/C14H27N/c1-4-12(2)11-14(15-3)10-9-13-7-5-6-8-13/h13-15H,2,4-11H2,1,3H3. The minimum absolute atomic E-state index is 0.665. The average Bonchev–Trinajstić information content (AvgIpc) is 2.76. The van der Waals surface area contributed by atoms with Crippen LogP contribution in [0.5, 0.6) is 0 Å². The van der Waals surface area contributed by atoms with Crippen molar-refractivity contribution in [2.75, 3.05) is 7.05 Å². The molecule has 0 heterocycles. The van der Waals surface area contributed by atoms with Crippen LogP contribution >= 0.6 is 0 Å². The molecule has 1 nitrogen and oxygen atoms in total. The lowest BCUT2D eigenvalue weighted by molar-refractivity contribution is 0.416. The summed E-state index contributed by atoms with van der Waals surface area (Å²) >= 11 is 0. The smallest absolute Gasteiger partial charge is 0.0101 e. The average molecular weight is 209 g/mol. The molecule has 88 valence electrons. The molecule has 0 amide bonds. The van der Waals surface area contributed by atoms with E-state index in [0.29, 0.717) is 6.04 Å². The lowest BCUT2D eigenvalue weighted by atomic mass is 9.95. The maximum absolute atomic E-state index is 4.10. The summed E-state index contributed by atoms with van der Waals surface area (Å²) in [7, 11) is 2.09. The Kier molecular flexibility index (Phi) is 6.00. The van der Waals surface area contributed by atoms with Crippen molar-refractivity contribution in [2.24, 2.45) is 5.92 Å². The van der Waals surface area contributed by atoms with Crippen LogP contribution in [0.25, 0.3) is 0 Å². The Hall–Kier alpha value is -0.300. The van der Waals surface area contributed by atoms with E-state index in [1.54, 1.807) is 0 Å². The zero-order valence-corrected chi connectivity index (χ0v) is 10.5. The molecule has 0 aliphatic heterocycles. The van der Waals surface area contributed by atoms with Crippen LogP contribution in [-0.2, 0) is 0 Å². The highest BCUT2D eigenvalue weighted by molar-refractivity contribution is 4.96. The van der Waals surface area contributed by atoms with Crippen LogP contribution in [0, 0.1) is 5.92 Å². The molecule has 0 radical (unpaired) electrons. The van der Waals surface area contributed by atoms with E-state index in [1.807, 2.05) is 0 Å². The van der Waals surface area contributed by atoms with Crippen molar-refractivity contribution in [2.45, 2.75) is 64.3 Å². The third-order valence-corrected chi connectivity index (χ3v) is 3.84. The second kappa shape index (κ2) is 7.05. The molecule has 0 aromatic rings. The van der Waals surface area contributed by atoms with Crippen LogP contribution in [0.15, 0.2) is 12.2 Å². The third kappa shape index (κ3) is 4.83. The Morgan fingerprint density at radius 1 is 1.40 bits per heavy atom. The molecule has 1 aliphatic carbocycles. The predicted molar refractivity (Wildman–Crippen MR) is 68.1 cm³/mol. The van der Waals surface area contributed by atoms with Crippen LogP contribution in [0.1, 0.15) is 58.3 Å². The highest BCUT2D eigenvalue weighted by Crippen LogP contribution is 2.29. The van der Waals surface area contributed by atoms with Gasteiger partial charge in [0.15, 0.2) is 0 Å². The largest absolute Gasteiger partial charge is 0.317 e. The maximum Gasteiger partial charge on any atom is 0.0101 e. The normalized spacial score (nSPS) is 19.3. The van der Waals surface area contributed by atoms with Crippen molar-refractivity contribution in [3.63, 3.8) is 0 Å². The number of hydrogen-bond acceptors (Lipinski definition) is 1. The number of hydrogen-bond donors (Lipinski definition) is 1. The number of nitrogens with one attached hydrogen (secondary N) is 1. The fraction of sp³-hybridized carbons (Fsp3) is 0.857. The first-order valence-corrected chi connectivity index (χ1v) is 6.60. The highest BCUT2D eigenvalue weighted by Gasteiger charge is 2.16. The molecular weight excluding hydrogens is 182 g/mol. The van der Waals surface area contributed by atoms with Gasteiger partial charge in [0.1, 0.15) is 0 Å². The summed E-state index contributed by atoms with van der Waals surface area (Å²) < 4.78 is 0. The van der Waals surface area contributed by atoms with Gasteiger partial charge in [-0.25, -0.2) is 0 Å². The molecule has 1 aliphatic rings. The van der Waals surface area contributed by atoms with E-state index in [2.05, 4.69) is 25.9 Å². The van der Waals surface area contributed by atoms with E-state index < -0.39 is 0 Å². The quantitative estimate of drug-likeness (QED) is 0.627. The van der Waals surface area contributed by atoms with E-state index in [9.17, 15) is 0 Å². The van der Waals surface area contributed by atoms with Crippen molar-refractivity contribution < 1.29 is 0 Å².